The van der Waals surface area contributed by atoms with E-state index in [0.29, 0.717) is 75.5 Å². The number of rotatable bonds is 6. The summed E-state index contributed by atoms with van der Waals surface area (Å²) >= 11 is 0. The highest BCUT2D eigenvalue weighted by Crippen LogP contribution is 2.80. The van der Waals surface area contributed by atoms with Crippen molar-refractivity contribution in [2.24, 2.45) is 87.3 Å². The second-order valence-corrected chi connectivity index (χ2v) is 29.4. The van der Waals surface area contributed by atoms with Crippen LogP contribution < -0.4 is 5.32 Å². The minimum atomic E-state index is -2.21. The quantitative estimate of drug-likeness (QED) is 0.0797. The summed E-state index contributed by atoms with van der Waals surface area (Å²) in [4.78, 5) is 29.6. The van der Waals surface area contributed by atoms with E-state index in [9.17, 15) is 20.1 Å². The van der Waals surface area contributed by atoms with E-state index in [4.69, 9.17) is 9.47 Å². The Balaban J connectivity index is 0.903. The zero-order chi connectivity index (χ0) is 55.4. The highest BCUT2D eigenvalue weighted by molar-refractivity contribution is 5.86. The van der Waals surface area contributed by atoms with Gasteiger partial charge in [-0.2, -0.15) is 0 Å². The van der Waals surface area contributed by atoms with Crippen molar-refractivity contribution < 1.29 is 44.6 Å². The molecule has 16 rings (SSSR count). The number of aliphatic hydroxyl groups excluding tert-OH is 2. The van der Waals surface area contributed by atoms with Crippen LogP contribution in [0, 0.1) is 99.1 Å². The molecular weight excluding hydrogens is 1010 g/mol. The van der Waals surface area contributed by atoms with Crippen molar-refractivity contribution >= 4 is 12.3 Å². The topological polar surface area (TPSA) is 166 Å². The molecule has 12 bridgehead atoms. The number of esters is 1. The average Bonchev–Trinajstić information content (AvgIpc) is 2.74. The number of carbonyl (C=O) groups is 2. The molecule has 3 aliphatic heterocycles. The normalized spacial score (nSPS) is 47.8. The van der Waals surface area contributed by atoms with Gasteiger partial charge in [-0.15, -0.1) is 0 Å². The molecule has 81 heavy (non-hydrogen) atoms. The lowest BCUT2D eigenvalue weighted by molar-refractivity contribution is -0.391. The number of likely N-dealkylation sites (N-methyl/N-ethyl adjacent to an activating group) is 1. The molecule has 1 saturated heterocycles. The van der Waals surface area contributed by atoms with Crippen molar-refractivity contribution in [3.05, 3.63) is 118 Å². The van der Waals surface area contributed by atoms with Crippen LogP contribution in [0.15, 0.2) is 84.4 Å². The molecular formula is C71H87NO9. The lowest BCUT2D eigenvalue weighted by Crippen LogP contribution is -2.87. The third-order valence-electron chi connectivity index (χ3n) is 26.6. The maximum absolute atomic E-state index is 15.7. The number of hydrogen-bond acceptors (Lipinski definition) is 10. The van der Waals surface area contributed by atoms with E-state index in [1.165, 1.54) is 23.1 Å². The van der Waals surface area contributed by atoms with Gasteiger partial charge in [-0.1, -0.05) is 85.5 Å². The maximum atomic E-state index is 15.7. The number of aliphatic hydroxyl groups is 5. The number of benzene rings is 3. The Hall–Kier alpha value is -4.18. The average molecular weight is 1100 g/mol. The van der Waals surface area contributed by atoms with Gasteiger partial charge in [0, 0.05) is 58.6 Å². The van der Waals surface area contributed by atoms with Gasteiger partial charge >= 0.3 is 5.97 Å². The van der Waals surface area contributed by atoms with Crippen LogP contribution in [0.5, 0.6) is 0 Å². The largest absolute Gasteiger partial charge is 0.454 e. The van der Waals surface area contributed by atoms with Gasteiger partial charge < -0.3 is 45.1 Å². The summed E-state index contributed by atoms with van der Waals surface area (Å²) in [6.45, 7) is 2.29. The van der Waals surface area contributed by atoms with E-state index in [2.05, 4.69) is 78.7 Å². The van der Waals surface area contributed by atoms with Crippen molar-refractivity contribution in [1.29, 1.82) is 0 Å². The molecule has 0 radical (unpaired) electrons. The first-order valence-corrected chi connectivity index (χ1v) is 32.1. The molecule has 8 saturated carbocycles. The summed E-state index contributed by atoms with van der Waals surface area (Å²) in [7, 11) is 1.94. The van der Waals surface area contributed by atoms with Crippen LogP contribution in [0.2, 0.25) is 0 Å². The molecule has 6 N–H and O–H groups in total. The van der Waals surface area contributed by atoms with Gasteiger partial charge in [0.25, 0.3) is 0 Å². The minimum absolute atomic E-state index is 0.0726. The fraction of sp³-hybridized carbons (Fsp3) is 0.662. The van der Waals surface area contributed by atoms with E-state index in [-0.39, 0.29) is 66.8 Å². The fourth-order valence-corrected chi connectivity index (χ4v) is 23.5. The summed E-state index contributed by atoms with van der Waals surface area (Å²) in [5, 5.41) is 73.6. The van der Waals surface area contributed by atoms with Gasteiger partial charge in [0.15, 0.2) is 0 Å². The third-order valence-corrected chi connectivity index (χ3v) is 26.6. The maximum Gasteiger partial charge on any atom is 0.331 e. The van der Waals surface area contributed by atoms with Crippen LogP contribution in [0.25, 0.3) is 0 Å². The first kappa shape index (κ1) is 53.5. The minimum Gasteiger partial charge on any atom is -0.454 e. The summed E-state index contributed by atoms with van der Waals surface area (Å²) in [6.07, 6.45) is 15.4. The van der Waals surface area contributed by atoms with Crippen LogP contribution in [-0.4, -0.2) is 92.1 Å². The summed E-state index contributed by atoms with van der Waals surface area (Å²) < 4.78 is 14.2. The zero-order valence-corrected chi connectivity index (χ0v) is 47.8. The Labute approximate surface area is 479 Å². The van der Waals surface area contributed by atoms with Crippen molar-refractivity contribution in [3.63, 3.8) is 0 Å². The summed E-state index contributed by atoms with van der Waals surface area (Å²) in [6, 6.07) is 25.8. The van der Waals surface area contributed by atoms with Gasteiger partial charge in [0.2, 0.25) is 0 Å². The SMILES string of the molecule is CN[C@H]1Cc2c(cccc2CO)C#CCC[C@]23CC[C@H]4[C@@](O)([C@H](O)[C@@H]5C[C@H]6CC[C@@H]7[C@H]8O[C@@H](Cc9cccc(c9)C[C@H]9CC[C@@H](C9)[C@H]6C)C[C@@H]6C[C@H](CCc9ccccc9)C[C@@]68C[C@@]4(C=O)[C@@]75O)[C@@]2(O)C[C@@H]2C[C@@H]1[C@@H]1OC(=O)C=C1[C@@H]23. The molecule has 3 heterocycles. The van der Waals surface area contributed by atoms with Crippen molar-refractivity contribution in [1.82, 2.24) is 5.32 Å². The van der Waals surface area contributed by atoms with Crippen LogP contribution in [-0.2, 0) is 51.4 Å². The predicted molar refractivity (Wildman–Crippen MR) is 307 cm³/mol. The second kappa shape index (κ2) is 19.4. The van der Waals surface area contributed by atoms with Gasteiger partial charge in [0.1, 0.15) is 23.6 Å². The number of aryl methyl sites for hydroxylation is 1. The standard InChI is InChI=1S/C71H87NO9/c1-41-48-20-19-45(28-48)27-43-12-8-13-44(26-43)30-53-33-52-29-46(18-17-42-10-4-3-5-11-42)36-66(52)39-68(40-74)60-23-25-67-24-7-6-14-47-15-9-16-50(38-73)54(47)34-59(72-2)55-31-51(62(67)56-35-61(75)81-63(55)56)37-69(67,77)71(60,79)64(76)58-32-49(41)21-22-57(65(66)80-53)70(58,68)78/h3-5,8-13,15-16,26,35,40-41,45-46,48-49,51-53,55,57-60,62-65,72-73,76-79H,7,17-25,27-34,36-39H2,1-2H3/t41-,45-,46+,48+,49-,51+,52+,53+,55+,57-,58+,59+,60-,62-,63+,64-,65-,66-,67-,68+,69-,70-,71-/m1/s1. The molecule has 23 atom stereocenters. The predicted octanol–water partition coefficient (Wildman–Crippen LogP) is 9.20. The molecule has 0 unspecified atom stereocenters. The molecule has 9 fully saturated rings. The van der Waals surface area contributed by atoms with Crippen molar-refractivity contribution in [2.75, 3.05) is 7.05 Å². The number of aldehydes is 1. The number of hydrogen-bond donors (Lipinski definition) is 6. The van der Waals surface area contributed by atoms with Gasteiger partial charge in [-0.3, -0.25) is 0 Å². The zero-order valence-electron chi connectivity index (χ0n) is 47.8. The van der Waals surface area contributed by atoms with Gasteiger partial charge in [-0.05, 0) is 222 Å². The Morgan fingerprint density at radius 3 is 2.43 bits per heavy atom. The number of nitrogens with one attached hydrogen (secondary N) is 1. The Morgan fingerprint density at radius 1 is 0.815 bits per heavy atom. The number of carbonyl (C=O) groups excluding carboxylic acids is 2. The molecule has 10 heteroatoms. The van der Waals surface area contributed by atoms with E-state index in [0.717, 1.165) is 92.8 Å². The molecule has 0 aromatic heterocycles. The Morgan fingerprint density at radius 2 is 1.62 bits per heavy atom. The molecule has 10 aliphatic carbocycles. The lowest BCUT2D eigenvalue weighted by atomic mass is 9.32. The first-order chi connectivity index (χ1) is 39.2. The Kier molecular flexibility index (Phi) is 12.8. The first-order valence-electron chi connectivity index (χ1n) is 32.1. The smallest absolute Gasteiger partial charge is 0.331 e. The molecule has 430 valence electrons. The van der Waals surface area contributed by atoms with Gasteiger partial charge in [-0.25, -0.2) is 4.79 Å². The highest BCUT2D eigenvalue weighted by Gasteiger charge is 2.87. The van der Waals surface area contributed by atoms with Crippen LogP contribution in [0.1, 0.15) is 149 Å². The molecule has 0 amide bonds. The van der Waals surface area contributed by atoms with E-state index in [1.54, 1.807) is 6.08 Å². The highest BCUT2D eigenvalue weighted by atomic mass is 16.5. The van der Waals surface area contributed by atoms with Crippen LogP contribution in [0.3, 0.4) is 0 Å². The Bertz CT molecular complexity index is 3080. The van der Waals surface area contributed by atoms with Gasteiger partial charge in [0.05, 0.1) is 35.9 Å². The van der Waals surface area contributed by atoms with Crippen LogP contribution in [0.4, 0.5) is 0 Å². The number of ether oxygens (including phenoxy) is 2. The van der Waals surface area contributed by atoms with E-state index < -0.39 is 69.0 Å². The van der Waals surface area contributed by atoms with Crippen LogP contribution >= 0.6 is 0 Å². The monoisotopic (exact) mass is 1100 g/mol. The van der Waals surface area contributed by atoms with E-state index in [1.807, 2.05) is 25.2 Å². The summed E-state index contributed by atoms with van der Waals surface area (Å²) in [5.74, 6) is 5.56. The van der Waals surface area contributed by atoms with Crippen molar-refractivity contribution in [2.45, 2.75) is 196 Å². The molecule has 2 spiro atoms. The van der Waals surface area contributed by atoms with E-state index >= 15 is 15.0 Å². The molecule has 3 aromatic rings. The summed E-state index contributed by atoms with van der Waals surface area (Å²) in [5.41, 5.74) is -1.40. The second-order valence-electron chi connectivity index (χ2n) is 29.4. The number of fused-ring (bicyclic) bond motifs is 13. The molecule has 3 aromatic carbocycles. The molecule has 10 nitrogen and oxygen atoms in total. The lowest BCUT2D eigenvalue weighted by Gasteiger charge is -2.75. The van der Waals surface area contributed by atoms with Crippen molar-refractivity contribution in [3.8, 4) is 11.8 Å². The fourth-order valence-electron chi connectivity index (χ4n) is 23.5. The molecule has 13 aliphatic rings. The third kappa shape index (κ3) is 7.49.